The predicted molar refractivity (Wildman–Crippen MR) is 96.5 cm³/mol. The summed E-state index contributed by atoms with van der Waals surface area (Å²) in [5.74, 6) is 0.448. The van der Waals surface area contributed by atoms with Crippen molar-refractivity contribution in [3.63, 3.8) is 0 Å². The molecule has 2 aliphatic rings. The summed E-state index contributed by atoms with van der Waals surface area (Å²) in [7, 11) is 0. The molecule has 0 aromatic carbocycles. The van der Waals surface area contributed by atoms with E-state index >= 15 is 0 Å². The first kappa shape index (κ1) is 16.1. The van der Waals surface area contributed by atoms with Crippen LogP contribution in [-0.2, 0) is 4.79 Å². The van der Waals surface area contributed by atoms with Crippen molar-refractivity contribution >= 4 is 23.1 Å². The fourth-order valence-electron chi connectivity index (χ4n) is 3.20. The van der Waals surface area contributed by atoms with E-state index < -0.39 is 0 Å². The zero-order valence-electron chi connectivity index (χ0n) is 13.6. The van der Waals surface area contributed by atoms with E-state index in [0.29, 0.717) is 17.5 Å². The van der Waals surface area contributed by atoms with Gasteiger partial charge in [0.2, 0.25) is 5.91 Å². The number of carbonyl (C=O) groups excluding carboxylic acids is 1. The van der Waals surface area contributed by atoms with Crippen molar-refractivity contribution < 1.29 is 4.79 Å². The molecule has 0 spiro atoms. The average Bonchev–Trinajstić information content (AvgIpc) is 3.35. The van der Waals surface area contributed by atoms with Crippen LogP contribution in [0.15, 0.2) is 41.3 Å². The van der Waals surface area contributed by atoms with Crippen LogP contribution in [0.1, 0.15) is 48.4 Å². The third kappa shape index (κ3) is 3.51. The minimum atomic E-state index is -0.0511. The molecule has 4 rings (SSSR count). The molecule has 2 aromatic rings. The van der Waals surface area contributed by atoms with E-state index in [9.17, 15) is 9.59 Å². The topological polar surface area (TPSA) is 74.8 Å². The summed E-state index contributed by atoms with van der Waals surface area (Å²) in [6.45, 7) is 0. The Hall–Kier alpha value is -2.40. The lowest BCUT2D eigenvalue weighted by Crippen LogP contribution is -2.23. The number of nitrogens with one attached hydrogen (secondary N) is 2. The molecule has 0 bridgehead atoms. The first-order valence-corrected chi connectivity index (χ1v) is 8.84. The van der Waals surface area contributed by atoms with Gasteiger partial charge in [-0.1, -0.05) is 23.7 Å². The molecule has 25 heavy (non-hydrogen) atoms. The van der Waals surface area contributed by atoms with Crippen molar-refractivity contribution in [2.24, 2.45) is 0 Å². The molecule has 2 N–H and O–H groups in total. The Morgan fingerprint density at radius 2 is 2.00 bits per heavy atom. The molecule has 2 aromatic heterocycles. The van der Waals surface area contributed by atoms with Gasteiger partial charge >= 0.3 is 0 Å². The van der Waals surface area contributed by atoms with Crippen molar-refractivity contribution in [2.75, 3.05) is 0 Å². The van der Waals surface area contributed by atoms with Crippen molar-refractivity contribution in [1.82, 2.24) is 15.3 Å². The lowest BCUT2D eigenvalue weighted by Gasteiger charge is -2.12. The van der Waals surface area contributed by atoms with Gasteiger partial charge in [0.25, 0.3) is 5.56 Å². The Labute approximate surface area is 150 Å². The molecular formula is C19H18ClN3O2. The Bertz CT molecular complexity index is 898. The van der Waals surface area contributed by atoms with Crippen LogP contribution in [0, 0.1) is 0 Å². The zero-order valence-corrected chi connectivity index (χ0v) is 14.3. The van der Waals surface area contributed by atoms with E-state index in [0.717, 1.165) is 41.7 Å². The number of H-pyrrole nitrogens is 1. The van der Waals surface area contributed by atoms with Gasteiger partial charge in [-0.2, -0.15) is 0 Å². The smallest absolute Gasteiger partial charge is 0.251 e. The molecule has 1 amide bonds. The Kier molecular flexibility index (Phi) is 4.17. The molecule has 128 valence electrons. The summed E-state index contributed by atoms with van der Waals surface area (Å²) in [4.78, 5) is 31.1. The van der Waals surface area contributed by atoms with Gasteiger partial charge in [-0.05, 0) is 43.4 Å². The summed E-state index contributed by atoms with van der Waals surface area (Å²) in [5, 5.41) is 3.35. The van der Waals surface area contributed by atoms with Gasteiger partial charge in [0.05, 0.1) is 0 Å². The SMILES string of the molecule is O=C1CC[C@H](/C=C(\c2ccc(Cl)nc2)c2ccc(C3CC3)c(=O)[nH]2)N1. The number of halogens is 1. The lowest BCUT2D eigenvalue weighted by atomic mass is 9.99. The minimum absolute atomic E-state index is 0.0386. The number of aromatic nitrogens is 2. The van der Waals surface area contributed by atoms with E-state index in [4.69, 9.17) is 11.6 Å². The number of nitrogens with zero attached hydrogens (tertiary/aromatic N) is 1. The quantitative estimate of drug-likeness (QED) is 0.828. The van der Waals surface area contributed by atoms with Crippen molar-refractivity contribution in [2.45, 2.75) is 37.6 Å². The molecule has 1 aliphatic carbocycles. The van der Waals surface area contributed by atoms with Gasteiger partial charge in [0.1, 0.15) is 5.15 Å². The fourth-order valence-corrected chi connectivity index (χ4v) is 3.31. The summed E-state index contributed by atoms with van der Waals surface area (Å²) in [6, 6.07) is 7.38. The largest absolute Gasteiger partial charge is 0.350 e. The average molecular weight is 356 g/mol. The maximum absolute atomic E-state index is 12.4. The number of aromatic amines is 1. The van der Waals surface area contributed by atoms with E-state index in [1.807, 2.05) is 24.3 Å². The van der Waals surface area contributed by atoms with Crippen LogP contribution in [0.4, 0.5) is 0 Å². The van der Waals surface area contributed by atoms with E-state index in [1.165, 1.54) is 0 Å². The van der Waals surface area contributed by atoms with Gasteiger partial charge in [0.15, 0.2) is 0 Å². The zero-order chi connectivity index (χ0) is 17.4. The molecule has 3 heterocycles. The number of rotatable bonds is 4. The second kappa shape index (κ2) is 6.48. The second-order valence-corrected chi connectivity index (χ2v) is 6.98. The number of pyridine rings is 2. The molecule has 1 aliphatic heterocycles. The third-order valence-corrected chi connectivity index (χ3v) is 4.91. The molecule has 1 saturated carbocycles. The molecular weight excluding hydrogens is 338 g/mol. The summed E-state index contributed by atoms with van der Waals surface area (Å²) in [5.41, 5.74) is 3.23. The third-order valence-electron chi connectivity index (χ3n) is 4.68. The highest BCUT2D eigenvalue weighted by Crippen LogP contribution is 2.38. The van der Waals surface area contributed by atoms with E-state index in [2.05, 4.69) is 15.3 Å². The standard InChI is InChI=1S/C19H18ClN3O2/c20-17-7-3-12(10-21-17)15(9-13-4-8-18(24)22-13)16-6-5-14(11-1-2-11)19(25)23-16/h3,5-7,9-11,13H,1-2,4,8H2,(H,22,24)(H,23,25)/b15-9+/t13-/m1/s1. The van der Waals surface area contributed by atoms with Crippen LogP contribution >= 0.6 is 11.6 Å². The molecule has 1 atom stereocenters. The number of hydrogen-bond donors (Lipinski definition) is 2. The van der Waals surface area contributed by atoms with E-state index in [-0.39, 0.29) is 17.5 Å². The molecule has 0 radical (unpaired) electrons. The number of amides is 1. The maximum Gasteiger partial charge on any atom is 0.251 e. The monoisotopic (exact) mass is 355 g/mol. The number of carbonyl (C=O) groups is 1. The molecule has 5 nitrogen and oxygen atoms in total. The van der Waals surface area contributed by atoms with Crippen LogP contribution < -0.4 is 10.9 Å². The van der Waals surface area contributed by atoms with Crippen molar-refractivity contribution in [3.05, 3.63) is 68.9 Å². The van der Waals surface area contributed by atoms with Crippen LogP contribution in [0.5, 0.6) is 0 Å². The minimum Gasteiger partial charge on any atom is -0.350 e. The van der Waals surface area contributed by atoms with Gasteiger partial charge in [-0.3, -0.25) is 9.59 Å². The van der Waals surface area contributed by atoms with Crippen LogP contribution in [-0.4, -0.2) is 21.9 Å². The second-order valence-electron chi connectivity index (χ2n) is 6.59. The van der Waals surface area contributed by atoms with Crippen molar-refractivity contribution in [1.29, 1.82) is 0 Å². The first-order valence-electron chi connectivity index (χ1n) is 8.47. The van der Waals surface area contributed by atoms with Gasteiger partial charge < -0.3 is 10.3 Å². The van der Waals surface area contributed by atoms with Crippen LogP contribution in [0.25, 0.3) is 5.57 Å². The predicted octanol–water partition coefficient (Wildman–Crippen LogP) is 3.01. The lowest BCUT2D eigenvalue weighted by molar-refractivity contribution is -0.119. The Morgan fingerprint density at radius 1 is 1.16 bits per heavy atom. The van der Waals surface area contributed by atoms with Gasteiger partial charge in [-0.25, -0.2) is 4.98 Å². The molecule has 6 heteroatoms. The summed E-state index contributed by atoms with van der Waals surface area (Å²) >= 11 is 5.89. The van der Waals surface area contributed by atoms with E-state index in [1.54, 1.807) is 12.3 Å². The Balaban J connectivity index is 1.75. The van der Waals surface area contributed by atoms with Gasteiger partial charge in [-0.15, -0.1) is 0 Å². The molecule has 1 saturated heterocycles. The van der Waals surface area contributed by atoms with Crippen molar-refractivity contribution in [3.8, 4) is 0 Å². The normalized spacial score (nSPS) is 20.6. The maximum atomic E-state index is 12.4. The molecule has 0 unspecified atom stereocenters. The number of hydrogen-bond acceptors (Lipinski definition) is 3. The summed E-state index contributed by atoms with van der Waals surface area (Å²) in [6.07, 6.45) is 7.09. The highest BCUT2D eigenvalue weighted by atomic mass is 35.5. The highest BCUT2D eigenvalue weighted by molar-refractivity contribution is 6.29. The molecule has 2 fully saturated rings. The van der Waals surface area contributed by atoms with Gasteiger partial charge in [0, 0.05) is 41.1 Å². The highest BCUT2D eigenvalue weighted by Gasteiger charge is 2.26. The first-order chi connectivity index (χ1) is 12.1. The Morgan fingerprint density at radius 3 is 2.60 bits per heavy atom. The summed E-state index contributed by atoms with van der Waals surface area (Å²) < 4.78 is 0. The van der Waals surface area contributed by atoms with Crippen LogP contribution in [0.3, 0.4) is 0 Å². The fraction of sp³-hybridized carbons (Fsp3) is 0.316. The van der Waals surface area contributed by atoms with Crippen LogP contribution in [0.2, 0.25) is 5.15 Å².